The van der Waals surface area contributed by atoms with Crippen LogP contribution in [-0.2, 0) is 9.59 Å². The standard InChI is InChI=1S/C17H20F4N2O3/c18-13-3-5-14(6-4-13)26-8-2-1-7-22-16(25)12-9-15(24)23(10-12)11-17(19,20)21/h3-6,12H,1-2,7-11H2,(H,22,25). The third-order valence-electron chi connectivity index (χ3n) is 3.91. The summed E-state index contributed by atoms with van der Waals surface area (Å²) in [5.74, 6) is -1.62. The van der Waals surface area contributed by atoms with Crippen LogP contribution in [0.2, 0.25) is 0 Å². The molecule has 1 aliphatic heterocycles. The van der Waals surface area contributed by atoms with E-state index in [9.17, 15) is 27.2 Å². The quantitative estimate of drug-likeness (QED) is 0.560. The summed E-state index contributed by atoms with van der Waals surface area (Å²) in [4.78, 5) is 24.2. The molecule has 0 radical (unpaired) electrons. The van der Waals surface area contributed by atoms with Crippen LogP contribution in [0.3, 0.4) is 0 Å². The van der Waals surface area contributed by atoms with E-state index in [0.29, 0.717) is 36.6 Å². The van der Waals surface area contributed by atoms with Gasteiger partial charge in [-0.25, -0.2) is 4.39 Å². The number of ether oxygens (including phenoxy) is 1. The van der Waals surface area contributed by atoms with Crippen LogP contribution in [0.1, 0.15) is 19.3 Å². The molecule has 144 valence electrons. The normalized spacial score (nSPS) is 17.5. The number of nitrogens with zero attached hydrogens (tertiary/aromatic N) is 1. The van der Waals surface area contributed by atoms with Crippen LogP contribution in [0.5, 0.6) is 5.75 Å². The molecule has 26 heavy (non-hydrogen) atoms. The van der Waals surface area contributed by atoms with Gasteiger partial charge in [0.15, 0.2) is 0 Å². The number of rotatable bonds is 8. The maximum absolute atomic E-state index is 12.7. The molecule has 5 nitrogen and oxygen atoms in total. The Hall–Kier alpha value is -2.32. The van der Waals surface area contributed by atoms with Gasteiger partial charge in [0.05, 0.1) is 12.5 Å². The number of hydrogen-bond acceptors (Lipinski definition) is 3. The number of carbonyl (C=O) groups excluding carboxylic acids is 2. The van der Waals surface area contributed by atoms with E-state index in [1.807, 2.05) is 0 Å². The number of nitrogens with one attached hydrogen (secondary N) is 1. The highest BCUT2D eigenvalue weighted by molar-refractivity contribution is 5.89. The van der Waals surface area contributed by atoms with Gasteiger partial charge in [-0.1, -0.05) is 0 Å². The molecule has 1 aromatic carbocycles. The second kappa shape index (κ2) is 8.86. The lowest BCUT2D eigenvalue weighted by atomic mass is 10.1. The zero-order valence-electron chi connectivity index (χ0n) is 14.0. The van der Waals surface area contributed by atoms with Crippen LogP contribution in [0.4, 0.5) is 17.6 Å². The van der Waals surface area contributed by atoms with Gasteiger partial charge in [-0.3, -0.25) is 9.59 Å². The predicted octanol–water partition coefficient (Wildman–Crippen LogP) is 2.51. The molecule has 9 heteroatoms. The maximum atomic E-state index is 12.7. The van der Waals surface area contributed by atoms with Crippen molar-refractivity contribution < 1.29 is 31.9 Å². The van der Waals surface area contributed by atoms with Crippen molar-refractivity contribution in [1.29, 1.82) is 0 Å². The second-order valence-corrected chi connectivity index (χ2v) is 6.09. The van der Waals surface area contributed by atoms with E-state index in [-0.39, 0.29) is 18.8 Å². The first-order valence-electron chi connectivity index (χ1n) is 8.25. The Labute approximate surface area is 148 Å². The minimum atomic E-state index is -4.47. The van der Waals surface area contributed by atoms with Crippen LogP contribution in [0, 0.1) is 11.7 Å². The average Bonchev–Trinajstić information content (AvgIpc) is 2.91. The Morgan fingerprint density at radius 3 is 2.58 bits per heavy atom. The summed E-state index contributed by atoms with van der Waals surface area (Å²) in [5.41, 5.74) is 0. The van der Waals surface area contributed by atoms with Crippen LogP contribution >= 0.6 is 0 Å². The molecule has 1 unspecified atom stereocenters. The van der Waals surface area contributed by atoms with E-state index >= 15 is 0 Å². The van der Waals surface area contributed by atoms with Crippen LogP contribution in [-0.4, -0.2) is 49.1 Å². The lowest BCUT2D eigenvalue weighted by Gasteiger charge is -2.18. The SMILES string of the molecule is O=C(NCCCCOc1ccc(F)cc1)C1CC(=O)N(CC(F)(F)F)C1. The maximum Gasteiger partial charge on any atom is 0.406 e. The molecular weight excluding hydrogens is 356 g/mol. The minimum Gasteiger partial charge on any atom is -0.494 e. The van der Waals surface area contributed by atoms with Gasteiger partial charge < -0.3 is 15.0 Å². The number of halogens is 4. The van der Waals surface area contributed by atoms with Gasteiger partial charge in [0, 0.05) is 19.5 Å². The molecule has 2 rings (SSSR count). The van der Waals surface area contributed by atoms with Gasteiger partial charge in [0.25, 0.3) is 0 Å². The zero-order chi connectivity index (χ0) is 19.2. The van der Waals surface area contributed by atoms with Crippen molar-refractivity contribution in [2.75, 3.05) is 26.2 Å². The fourth-order valence-electron chi connectivity index (χ4n) is 2.62. The molecule has 0 spiro atoms. The summed E-state index contributed by atoms with van der Waals surface area (Å²) in [6.07, 6.45) is -3.41. The lowest BCUT2D eigenvalue weighted by Crippen LogP contribution is -2.37. The van der Waals surface area contributed by atoms with Gasteiger partial charge in [-0.05, 0) is 37.1 Å². The predicted molar refractivity (Wildman–Crippen MR) is 84.9 cm³/mol. The minimum absolute atomic E-state index is 0.199. The largest absolute Gasteiger partial charge is 0.494 e. The third kappa shape index (κ3) is 6.53. The van der Waals surface area contributed by atoms with E-state index < -0.39 is 30.5 Å². The van der Waals surface area contributed by atoms with Crippen molar-refractivity contribution in [2.24, 2.45) is 5.92 Å². The Morgan fingerprint density at radius 1 is 1.23 bits per heavy atom. The topological polar surface area (TPSA) is 58.6 Å². The Kier molecular flexibility index (Phi) is 6.82. The van der Waals surface area contributed by atoms with Crippen molar-refractivity contribution in [3.8, 4) is 5.75 Å². The van der Waals surface area contributed by atoms with Gasteiger partial charge in [-0.15, -0.1) is 0 Å². The first-order chi connectivity index (χ1) is 12.2. The van der Waals surface area contributed by atoms with Gasteiger partial charge in [0.2, 0.25) is 11.8 Å². The lowest BCUT2D eigenvalue weighted by molar-refractivity contribution is -0.157. The second-order valence-electron chi connectivity index (χ2n) is 6.09. The summed E-state index contributed by atoms with van der Waals surface area (Å²) < 4.78 is 55.2. The summed E-state index contributed by atoms with van der Waals surface area (Å²) in [7, 11) is 0. The highest BCUT2D eigenvalue weighted by atomic mass is 19.4. The highest BCUT2D eigenvalue weighted by Crippen LogP contribution is 2.23. The molecule has 0 aromatic heterocycles. The van der Waals surface area contributed by atoms with Crippen LogP contribution < -0.4 is 10.1 Å². The van der Waals surface area contributed by atoms with E-state index in [4.69, 9.17) is 4.74 Å². The number of hydrogen-bond donors (Lipinski definition) is 1. The molecule has 1 N–H and O–H groups in total. The number of unbranched alkanes of at least 4 members (excludes halogenated alkanes) is 1. The van der Waals surface area contributed by atoms with Crippen LogP contribution in [0.15, 0.2) is 24.3 Å². The van der Waals surface area contributed by atoms with E-state index in [1.165, 1.54) is 24.3 Å². The molecule has 0 bridgehead atoms. The molecule has 1 aromatic rings. The summed E-state index contributed by atoms with van der Waals surface area (Å²) in [6.45, 7) is -0.799. The van der Waals surface area contributed by atoms with Gasteiger partial charge in [0.1, 0.15) is 18.1 Å². The third-order valence-corrected chi connectivity index (χ3v) is 3.91. The fourth-order valence-corrected chi connectivity index (χ4v) is 2.62. The molecule has 1 heterocycles. The summed E-state index contributed by atoms with van der Waals surface area (Å²) >= 11 is 0. The van der Waals surface area contributed by atoms with Crippen LogP contribution in [0.25, 0.3) is 0 Å². The van der Waals surface area contributed by atoms with Crippen molar-refractivity contribution in [3.05, 3.63) is 30.1 Å². The van der Waals surface area contributed by atoms with Gasteiger partial charge in [-0.2, -0.15) is 13.2 Å². The molecule has 1 aliphatic rings. The molecule has 1 saturated heterocycles. The summed E-state index contributed by atoms with van der Waals surface area (Å²) in [6, 6.07) is 5.61. The van der Waals surface area contributed by atoms with Crippen molar-refractivity contribution in [3.63, 3.8) is 0 Å². The van der Waals surface area contributed by atoms with Gasteiger partial charge >= 0.3 is 6.18 Å². The molecular formula is C17H20F4N2O3. The van der Waals surface area contributed by atoms with E-state index in [1.54, 1.807) is 0 Å². The first kappa shape index (κ1) is 20.0. The molecule has 1 atom stereocenters. The van der Waals surface area contributed by atoms with Crippen molar-refractivity contribution in [2.45, 2.75) is 25.4 Å². The van der Waals surface area contributed by atoms with E-state index in [2.05, 4.69) is 5.32 Å². The Balaban J connectivity index is 1.60. The highest BCUT2D eigenvalue weighted by Gasteiger charge is 2.40. The number of alkyl halides is 3. The first-order valence-corrected chi connectivity index (χ1v) is 8.25. The summed E-state index contributed by atoms with van der Waals surface area (Å²) in [5, 5.41) is 2.63. The number of carbonyl (C=O) groups is 2. The number of benzene rings is 1. The van der Waals surface area contributed by atoms with Crippen molar-refractivity contribution in [1.82, 2.24) is 10.2 Å². The fraction of sp³-hybridized carbons (Fsp3) is 0.529. The molecule has 2 amide bonds. The van der Waals surface area contributed by atoms with Crippen molar-refractivity contribution >= 4 is 11.8 Å². The number of likely N-dealkylation sites (tertiary alicyclic amines) is 1. The number of amides is 2. The Morgan fingerprint density at radius 2 is 1.92 bits per heavy atom. The molecule has 0 aliphatic carbocycles. The zero-order valence-corrected chi connectivity index (χ0v) is 14.0. The molecule has 0 saturated carbocycles. The Bertz CT molecular complexity index is 619. The monoisotopic (exact) mass is 376 g/mol. The van der Waals surface area contributed by atoms with E-state index in [0.717, 1.165) is 0 Å². The molecule has 1 fully saturated rings. The average molecular weight is 376 g/mol. The smallest absolute Gasteiger partial charge is 0.406 e.